The molecule has 2 N–H and O–H groups in total. The fourth-order valence-corrected chi connectivity index (χ4v) is 4.73. The summed E-state index contributed by atoms with van der Waals surface area (Å²) in [6.07, 6.45) is 3.00. The van der Waals surface area contributed by atoms with E-state index < -0.39 is 6.43 Å². The van der Waals surface area contributed by atoms with E-state index in [1.165, 1.54) is 11.9 Å². The Bertz CT molecular complexity index is 1060. The molecule has 202 valence electrons. The van der Waals surface area contributed by atoms with E-state index in [9.17, 15) is 13.6 Å². The molecule has 1 aliphatic heterocycles. The third kappa shape index (κ3) is 6.85. The predicted octanol–water partition coefficient (Wildman–Crippen LogP) is 4.53. The maximum Gasteiger partial charge on any atom is 0.268 e. The van der Waals surface area contributed by atoms with Gasteiger partial charge in [-0.1, -0.05) is 13.3 Å². The Morgan fingerprint density at radius 3 is 2.62 bits per heavy atom. The number of hydrogen-bond acceptors (Lipinski definition) is 7. The van der Waals surface area contributed by atoms with Gasteiger partial charge in [-0.15, -0.1) is 0 Å². The van der Waals surface area contributed by atoms with Crippen molar-refractivity contribution < 1.29 is 13.6 Å². The molecule has 0 radical (unpaired) electrons. The minimum Gasteiger partial charge on any atom is -0.369 e. The van der Waals surface area contributed by atoms with Crippen molar-refractivity contribution in [2.75, 3.05) is 68.9 Å². The Labute approximate surface area is 218 Å². The summed E-state index contributed by atoms with van der Waals surface area (Å²) in [6.45, 7) is 7.15. The molecule has 1 aromatic heterocycles. The van der Waals surface area contributed by atoms with Crippen molar-refractivity contribution in [3.63, 3.8) is 0 Å². The first-order valence-corrected chi connectivity index (χ1v) is 13.3. The molecule has 4 rings (SSSR count). The first-order valence-electron chi connectivity index (χ1n) is 13.3. The molecule has 1 aliphatic carbocycles. The third-order valence-corrected chi connectivity index (χ3v) is 7.43. The summed E-state index contributed by atoms with van der Waals surface area (Å²) in [5, 5.41) is 6.27. The van der Waals surface area contributed by atoms with Crippen molar-refractivity contribution in [1.82, 2.24) is 19.8 Å². The minimum absolute atomic E-state index is 0.118. The number of nitrogens with zero attached hydrogens (tertiary/aromatic N) is 5. The topological polar surface area (TPSA) is 76.6 Å². The molecule has 1 aromatic carbocycles. The zero-order chi connectivity index (χ0) is 26.4. The Morgan fingerprint density at radius 1 is 1.22 bits per heavy atom. The van der Waals surface area contributed by atoms with E-state index in [1.54, 1.807) is 11.9 Å². The number of nitrogens with one attached hydrogen (secondary N) is 2. The molecule has 1 saturated heterocycles. The highest BCUT2D eigenvalue weighted by atomic mass is 19.3. The predicted molar refractivity (Wildman–Crippen MR) is 144 cm³/mol. The van der Waals surface area contributed by atoms with E-state index >= 15 is 0 Å². The van der Waals surface area contributed by atoms with Crippen LogP contribution in [0.1, 0.15) is 50.2 Å². The van der Waals surface area contributed by atoms with E-state index in [4.69, 9.17) is 0 Å². The van der Waals surface area contributed by atoms with E-state index in [0.717, 1.165) is 63.1 Å². The van der Waals surface area contributed by atoms with E-state index in [2.05, 4.69) is 56.5 Å². The number of aryl methyl sites for hydroxylation is 1. The highest BCUT2D eigenvalue weighted by Gasteiger charge is 2.27. The SMILES string of the molecule is CCc1cc(N2CCN(C)CC2)ccc1Nc1ncc(C(F)F)c(NCCCN(C)C(=O)C2CCC2)n1. The van der Waals surface area contributed by atoms with Gasteiger partial charge in [-0.3, -0.25) is 4.79 Å². The summed E-state index contributed by atoms with van der Waals surface area (Å²) < 4.78 is 27.3. The maximum absolute atomic E-state index is 13.6. The van der Waals surface area contributed by atoms with Gasteiger partial charge in [-0.05, 0) is 56.5 Å². The number of alkyl halides is 2. The monoisotopic (exact) mass is 515 g/mol. The lowest BCUT2D eigenvalue weighted by molar-refractivity contribution is -0.136. The highest BCUT2D eigenvalue weighted by Crippen LogP contribution is 2.30. The fraction of sp³-hybridized carbons (Fsp3) is 0.593. The standard InChI is InChI=1S/C27H39F2N7O/c1-4-19-17-21(36-15-13-34(2)14-16-36)9-10-23(19)32-27-31-18-22(24(28)29)25(33-27)30-11-6-12-35(3)26(37)20-7-5-8-20/h9-10,17-18,20,24H,4-8,11-16H2,1-3H3,(H2,30,31,32,33). The smallest absolute Gasteiger partial charge is 0.268 e. The summed E-state index contributed by atoms with van der Waals surface area (Å²) >= 11 is 0. The van der Waals surface area contributed by atoms with Crippen LogP contribution in [0, 0.1) is 5.92 Å². The average molecular weight is 516 g/mol. The van der Waals surface area contributed by atoms with Crippen LogP contribution in [0.4, 0.5) is 31.9 Å². The van der Waals surface area contributed by atoms with Gasteiger partial charge >= 0.3 is 0 Å². The van der Waals surface area contributed by atoms with Gasteiger partial charge in [0.15, 0.2) is 0 Å². The minimum atomic E-state index is -2.69. The average Bonchev–Trinajstić information content (AvgIpc) is 2.86. The van der Waals surface area contributed by atoms with Crippen LogP contribution < -0.4 is 15.5 Å². The molecule has 0 atom stereocenters. The Morgan fingerprint density at radius 2 is 1.97 bits per heavy atom. The lowest BCUT2D eigenvalue weighted by Gasteiger charge is -2.34. The largest absolute Gasteiger partial charge is 0.369 e. The zero-order valence-corrected chi connectivity index (χ0v) is 22.1. The summed E-state index contributed by atoms with van der Waals surface area (Å²) in [6, 6.07) is 6.28. The van der Waals surface area contributed by atoms with Gasteiger partial charge in [0.25, 0.3) is 6.43 Å². The number of hydrogen-bond donors (Lipinski definition) is 2. The van der Waals surface area contributed by atoms with E-state index in [0.29, 0.717) is 19.5 Å². The molecule has 1 amide bonds. The van der Waals surface area contributed by atoms with Crippen molar-refractivity contribution in [2.24, 2.45) is 5.92 Å². The van der Waals surface area contributed by atoms with E-state index in [-0.39, 0.29) is 29.2 Å². The molecule has 2 aliphatic rings. The number of benzene rings is 1. The normalized spacial score (nSPS) is 16.5. The number of carbonyl (C=O) groups excluding carboxylic acids is 1. The van der Waals surface area contributed by atoms with Crippen LogP contribution in [0.3, 0.4) is 0 Å². The molecule has 2 aromatic rings. The van der Waals surface area contributed by atoms with Crippen molar-refractivity contribution in [3.05, 3.63) is 35.5 Å². The Balaban J connectivity index is 1.39. The number of halogens is 2. The molecular formula is C27H39F2N7O. The van der Waals surface area contributed by atoms with Gasteiger partial charge in [0.05, 0.1) is 5.56 Å². The van der Waals surface area contributed by atoms with Gasteiger partial charge in [0, 0.05) is 69.8 Å². The maximum atomic E-state index is 13.6. The lowest BCUT2D eigenvalue weighted by atomic mass is 9.84. The summed E-state index contributed by atoms with van der Waals surface area (Å²) in [7, 11) is 3.94. The van der Waals surface area contributed by atoms with Gasteiger partial charge in [-0.25, -0.2) is 13.8 Å². The molecule has 37 heavy (non-hydrogen) atoms. The molecular weight excluding hydrogens is 476 g/mol. The third-order valence-electron chi connectivity index (χ3n) is 7.43. The van der Waals surface area contributed by atoms with Crippen LogP contribution in [-0.2, 0) is 11.2 Å². The molecule has 0 unspecified atom stereocenters. The van der Waals surface area contributed by atoms with Crippen LogP contribution in [0.2, 0.25) is 0 Å². The van der Waals surface area contributed by atoms with Crippen LogP contribution in [0.5, 0.6) is 0 Å². The summed E-state index contributed by atoms with van der Waals surface area (Å²) in [5.41, 5.74) is 2.94. The second-order valence-corrected chi connectivity index (χ2v) is 10.1. The van der Waals surface area contributed by atoms with Gasteiger partial charge < -0.3 is 25.3 Å². The quantitative estimate of drug-likeness (QED) is 0.426. The molecule has 1 saturated carbocycles. The van der Waals surface area contributed by atoms with Gasteiger partial charge in [-0.2, -0.15) is 4.98 Å². The second-order valence-electron chi connectivity index (χ2n) is 10.1. The zero-order valence-electron chi connectivity index (χ0n) is 22.1. The van der Waals surface area contributed by atoms with Gasteiger partial charge in [0.2, 0.25) is 11.9 Å². The number of rotatable bonds is 11. The van der Waals surface area contributed by atoms with Crippen molar-refractivity contribution >= 4 is 29.0 Å². The number of aromatic nitrogens is 2. The number of carbonyl (C=O) groups is 1. The van der Waals surface area contributed by atoms with Crippen molar-refractivity contribution in [1.29, 1.82) is 0 Å². The highest BCUT2D eigenvalue weighted by molar-refractivity contribution is 5.79. The van der Waals surface area contributed by atoms with Crippen LogP contribution in [0.15, 0.2) is 24.4 Å². The molecule has 2 fully saturated rings. The van der Waals surface area contributed by atoms with Crippen molar-refractivity contribution in [2.45, 2.75) is 45.5 Å². The molecule has 0 spiro atoms. The Hall–Kier alpha value is -3.01. The molecule has 8 nitrogen and oxygen atoms in total. The first kappa shape index (κ1) is 27.0. The number of amides is 1. The second kappa shape index (κ2) is 12.5. The van der Waals surface area contributed by atoms with E-state index in [1.807, 2.05) is 6.07 Å². The molecule has 2 heterocycles. The van der Waals surface area contributed by atoms with Crippen LogP contribution in [-0.4, -0.2) is 79.0 Å². The summed E-state index contributed by atoms with van der Waals surface area (Å²) in [5.74, 6) is 0.722. The first-order chi connectivity index (χ1) is 17.9. The number of likely N-dealkylation sites (N-methyl/N-ethyl adjacent to an activating group) is 1. The van der Waals surface area contributed by atoms with Gasteiger partial charge in [0.1, 0.15) is 5.82 Å². The molecule has 10 heteroatoms. The number of piperazine rings is 1. The number of anilines is 4. The fourth-order valence-electron chi connectivity index (χ4n) is 4.73. The van der Waals surface area contributed by atoms with Crippen LogP contribution in [0.25, 0.3) is 0 Å². The Kier molecular flexibility index (Phi) is 9.13. The van der Waals surface area contributed by atoms with Crippen LogP contribution >= 0.6 is 0 Å². The summed E-state index contributed by atoms with van der Waals surface area (Å²) in [4.78, 5) is 27.3. The molecule has 0 bridgehead atoms. The lowest BCUT2D eigenvalue weighted by Crippen LogP contribution is -2.44. The van der Waals surface area contributed by atoms with Crippen molar-refractivity contribution in [3.8, 4) is 0 Å².